The lowest BCUT2D eigenvalue weighted by atomic mass is 9.77. The number of nitrogens with one attached hydrogen (secondary N) is 1. The quantitative estimate of drug-likeness (QED) is 0.426. The monoisotopic (exact) mass is 255 g/mol. The van der Waals surface area contributed by atoms with Crippen molar-refractivity contribution < 1.29 is 0 Å². The molecule has 0 aliphatic heterocycles. The molecule has 0 fully saturated rings. The van der Waals surface area contributed by atoms with Gasteiger partial charge in [-0.2, -0.15) is 0 Å². The summed E-state index contributed by atoms with van der Waals surface area (Å²) in [5.41, 5.74) is 0.569. The molecule has 1 heteroatoms. The van der Waals surface area contributed by atoms with Crippen LogP contribution in [0.2, 0.25) is 0 Å². The van der Waals surface area contributed by atoms with Gasteiger partial charge in [0.2, 0.25) is 0 Å². The lowest BCUT2D eigenvalue weighted by Gasteiger charge is -2.32. The van der Waals surface area contributed by atoms with E-state index in [1.165, 1.54) is 77.3 Å². The molecular weight excluding hydrogens is 218 g/mol. The summed E-state index contributed by atoms with van der Waals surface area (Å²) >= 11 is 0. The minimum atomic E-state index is 0.569. The topological polar surface area (TPSA) is 12.0 Å². The van der Waals surface area contributed by atoms with Gasteiger partial charge in [-0.1, -0.05) is 66.2 Å². The van der Waals surface area contributed by atoms with Gasteiger partial charge in [-0.05, 0) is 37.6 Å². The fourth-order valence-corrected chi connectivity index (χ4v) is 2.75. The van der Waals surface area contributed by atoms with E-state index in [1.54, 1.807) is 0 Å². The van der Waals surface area contributed by atoms with Crippen molar-refractivity contribution in [2.24, 2.45) is 5.41 Å². The van der Waals surface area contributed by atoms with E-state index in [0.717, 1.165) is 0 Å². The minimum absolute atomic E-state index is 0.569. The molecular formula is C17H37N. The maximum atomic E-state index is 3.64. The molecule has 0 saturated heterocycles. The van der Waals surface area contributed by atoms with Gasteiger partial charge >= 0.3 is 0 Å². The van der Waals surface area contributed by atoms with E-state index in [1.807, 2.05) is 0 Å². The van der Waals surface area contributed by atoms with Crippen LogP contribution in [0.1, 0.15) is 91.9 Å². The van der Waals surface area contributed by atoms with Crippen LogP contribution in [-0.4, -0.2) is 13.1 Å². The van der Waals surface area contributed by atoms with Crippen LogP contribution < -0.4 is 5.32 Å². The van der Waals surface area contributed by atoms with Crippen LogP contribution >= 0.6 is 0 Å². The summed E-state index contributed by atoms with van der Waals surface area (Å²) in [4.78, 5) is 0. The van der Waals surface area contributed by atoms with Crippen molar-refractivity contribution in [3.8, 4) is 0 Å². The average molecular weight is 255 g/mol. The van der Waals surface area contributed by atoms with E-state index < -0.39 is 0 Å². The fraction of sp³-hybridized carbons (Fsp3) is 1.00. The Morgan fingerprint density at radius 2 is 1.33 bits per heavy atom. The first-order valence-electron chi connectivity index (χ1n) is 8.45. The third-order valence-corrected chi connectivity index (χ3v) is 4.49. The average Bonchev–Trinajstić information content (AvgIpc) is 2.41. The Kier molecular flexibility index (Phi) is 12.0. The summed E-state index contributed by atoms with van der Waals surface area (Å²) in [6.07, 6.45) is 13.9. The lowest BCUT2D eigenvalue weighted by molar-refractivity contribution is 0.220. The van der Waals surface area contributed by atoms with Crippen LogP contribution in [0.15, 0.2) is 0 Å². The largest absolute Gasteiger partial charge is 0.316 e. The second-order valence-electron chi connectivity index (χ2n) is 5.90. The van der Waals surface area contributed by atoms with E-state index in [4.69, 9.17) is 0 Å². The highest BCUT2D eigenvalue weighted by atomic mass is 14.9. The van der Waals surface area contributed by atoms with Gasteiger partial charge in [0.25, 0.3) is 0 Å². The standard InChI is InChI=1S/C17H37N/c1-5-9-10-11-12-13-14-17(7-3,8-4)16-18-15-6-2/h18H,5-16H2,1-4H3. The molecule has 0 rings (SSSR count). The van der Waals surface area contributed by atoms with Crippen LogP contribution in [0.4, 0.5) is 0 Å². The van der Waals surface area contributed by atoms with Crippen molar-refractivity contribution in [3.05, 3.63) is 0 Å². The highest BCUT2D eigenvalue weighted by molar-refractivity contribution is 4.79. The number of hydrogen-bond donors (Lipinski definition) is 1. The Bertz CT molecular complexity index is 161. The zero-order chi connectivity index (χ0) is 13.7. The molecule has 0 aliphatic carbocycles. The molecule has 0 aromatic rings. The van der Waals surface area contributed by atoms with E-state index in [2.05, 4.69) is 33.0 Å². The third-order valence-electron chi connectivity index (χ3n) is 4.49. The fourth-order valence-electron chi connectivity index (χ4n) is 2.75. The molecule has 1 N–H and O–H groups in total. The summed E-state index contributed by atoms with van der Waals surface area (Å²) in [5, 5.41) is 3.64. The Morgan fingerprint density at radius 1 is 0.722 bits per heavy atom. The van der Waals surface area contributed by atoms with E-state index in [9.17, 15) is 0 Å². The van der Waals surface area contributed by atoms with Crippen LogP contribution in [0.5, 0.6) is 0 Å². The Balaban J connectivity index is 3.79. The Labute approximate surface area is 116 Å². The molecule has 0 aromatic carbocycles. The second kappa shape index (κ2) is 12.0. The molecule has 18 heavy (non-hydrogen) atoms. The zero-order valence-corrected chi connectivity index (χ0v) is 13.5. The molecule has 0 aromatic heterocycles. The van der Waals surface area contributed by atoms with Gasteiger partial charge in [-0.3, -0.25) is 0 Å². The summed E-state index contributed by atoms with van der Waals surface area (Å²) in [7, 11) is 0. The van der Waals surface area contributed by atoms with Crippen molar-refractivity contribution in [2.75, 3.05) is 13.1 Å². The van der Waals surface area contributed by atoms with Gasteiger partial charge in [0.15, 0.2) is 0 Å². The molecule has 0 bridgehead atoms. The maximum Gasteiger partial charge on any atom is 0.000760 e. The molecule has 110 valence electrons. The Hall–Kier alpha value is -0.0400. The van der Waals surface area contributed by atoms with Crippen LogP contribution in [0.3, 0.4) is 0 Å². The molecule has 1 nitrogen and oxygen atoms in total. The van der Waals surface area contributed by atoms with E-state index in [-0.39, 0.29) is 0 Å². The number of rotatable bonds is 13. The molecule has 0 aliphatic rings. The van der Waals surface area contributed by atoms with Gasteiger partial charge in [0, 0.05) is 6.54 Å². The third kappa shape index (κ3) is 8.13. The van der Waals surface area contributed by atoms with Crippen molar-refractivity contribution in [1.29, 1.82) is 0 Å². The molecule has 0 atom stereocenters. The number of hydrogen-bond acceptors (Lipinski definition) is 1. The lowest BCUT2D eigenvalue weighted by Crippen LogP contribution is -2.34. The predicted molar refractivity (Wildman–Crippen MR) is 84.2 cm³/mol. The highest BCUT2D eigenvalue weighted by Gasteiger charge is 2.24. The van der Waals surface area contributed by atoms with Crippen molar-refractivity contribution >= 4 is 0 Å². The normalized spacial score (nSPS) is 12.0. The first-order chi connectivity index (χ1) is 8.74. The van der Waals surface area contributed by atoms with Crippen LogP contribution in [0.25, 0.3) is 0 Å². The summed E-state index contributed by atoms with van der Waals surface area (Å²) in [5.74, 6) is 0. The van der Waals surface area contributed by atoms with E-state index >= 15 is 0 Å². The zero-order valence-electron chi connectivity index (χ0n) is 13.5. The SMILES string of the molecule is CCCCCCCCC(CC)(CC)CNCCC. The highest BCUT2D eigenvalue weighted by Crippen LogP contribution is 2.32. The molecule has 0 spiro atoms. The second-order valence-corrected chi connectivity index (χ2v) is 5.90. The summed E-state index contributed by atoms with van der Waals surface area (Å²) < 4.78 is 0. The van der Waals surface area contributed by atoms with Crippen molar-refractivity contribution in [1.82, 2.24) is 5.32 Å². The van der Waals surface area contributed by atoms with Crippen molar-refractivity contribution in [3.63, 3.8) is 0 Å². The first kappa shape index (κ1) is 18.0. The van der Waals surface area contributed by atoms with Gasteiger partial charge in [-0.25, -0.2) is 0 Å². The van der Waals surface area contributed by atoms with Crippen LogP contribution in [0, 0.1) is 5.41 Å². The van der Waals surface area contributed by atoms with Crippen LogP contribution in [-0.2, 0) is 0 Å². The molecule has 0 amide bonds. The number of unbranched alkanes of at least 4 members (excludes halogenated alkanes) is 5. The Morgan fingerprint density at radius 3 is 1.89 bits per heavy atom. The minimum Gasteiger partial charge on any atom is -0.316 e. The van der Waals surface area contributed by atoms with Gasteiger partial charge in [0.05, 0.1) is 0 Å². The first-order valence-corrected chi connectivity index (χ1v) is 8.45. The van der Waals surface area contributed by atoms with Crippen molar-refractivity contribution in [2.45, 2.75) is 91.9 Å². The van der Waals surface area contributed by atoms with Gasteiger partial charge in [0.1, 0.15) is 0 Å². The smallest absolute Gasteiger partial charge is 0.000760 e. The molecule has 0 radical (unpaired) electrons. The molecule has 0 saturated carbocycles. The van der Waals surface area contributed by atoms with E-state index in [0.29, 0.717) is 5.41 Å². The summed E-state index contributed by atoms with van der Waals surface area (Å²) in [6, 6.07) is 0. The molecule has 0 unspecified atom stereocenters. The summed E-state index contributed by atoms with van der Waals surface area (Å²) in [6.45, 7) is 11.7. The molecule has 0 heterocycles. The van der Waals surface area contributed by atoms with Gasteiger partial charge < -0.3 is 5.32 Å². The predicted octanol–water partition coefficient (Wildman–Crippen LogP) is 5.54. The maximum absolute atomic E-state index is 3.64. The van der Waals surface area contributed by atoms with Gasteiger partial charge in [-0.15, -0.1) is 0 Å².